The molecule has 0 saturated carbocycles. The van der Waals surface area contributed by atoms with Crippen molar-refractivity contribution in [2.45, 2.75) is 0 Å². The van der Waals surface area contributed by atoms with E-state index in [2.05, 4.69) is 15.4 Å². The van der Waals surface area contributed by atoms with E-state index in [0.29, 0.717) is 5.36 Å². The van der Waals surface area contributed by atoms with E-state index >= 15 is 0 Å². The summed E-state index contributed by atoms with van der Waals surface area (Å²) in [6, 6.07) is 8.83. The Morgan fingerprint density at radius 3 is 3.00 bits per heavy atom. The van der Waals surface area contributed by atoms with Crippen LogP contribution in [-0.4, -0.2) is 15.4 Å². The Morgan fingerprint density at radius 2 is 2.15 bits per heavy atom. The SMILES string of the molecule is O/N=c1/ccc2nncccc-2c1. The third-order valence-electron chi connectivity index (χ3n) is 1.72. The van der Waals surface area contributed by atoms with Gasteiger partial charge in [0.15, 0.2) is 0 Å². The molecule has 0 fully saturated rings. The highest BCUT2D eigenvalue weighted by Gasteiger charge is 1.98. The van der Waals surface area contributed by atoms with Crippen LogP contribution in [0.2, 0.25) is 0 Å². The molecule has 2 rings (SSSR count). The van der Waals surface area contributed by atoms with E-state index in [0.717, 1.165) is 11.3 Å². The highest BCUT2D eigenvalue weighted by molar-refractivity contribution is 5.58. The molecule has 0 aromatic heterocycles. The van der Waals surface area contributed by atoms with Gasteiger partial charge in [0.25, 0.3) is 0 Å². The summed E-state index contributed by atoms with van der Waals surface area (Å²) in [6.45, 7) is 0. The van der Waals surface area contributed by atoms with Gasteiger partial charge in [-0.05, 0) is 24.3 Å². The molecule has 0 aromatic rings. The van der Waals surface area contributed by atoms with Crippen molar-refractivity contribution >= 4 is 0 Å². The standard InChI is InChI=1S/C9H7N3O/c13-12-8-3-4-9-7(6-8)2-1-5-10-11-9/h1-6,13H/b12-8-. The maximum Gasteiger partial charge on any atom is 0.103 e. The molecule has 4 heteroatoms. The minimum Gasteiger partial charge on any atom is -0.410 e. The lowest BCUT2D eigenvalue weighted by Crippen LogP contribution is -2.00. The Kier molecular flexibility index (Phi) is 1.88. The van der Waals surface area contributed by atoms with Gasteiger partial charge in [-0.25, -0.2) is 0 Å². The summed E-state index contributed by atoms with van der Waals surface area (Å²) in [4.78, 5) is 0. The number of hydrogen-bond donors (Lipinski definition) is 1. The number of nitrogens with zero attached hydrogens (tertiary/aromatic N) is 3. The Bertz CT molecular complexity index is 455. The van der Waals surface area contributed by atoms with E-state index in [1.165, 1.54) is 0 Å². The van der Waals surface area contributed by atoms with Crippen LogP contribution in [0.3, 0.4) is 0 Å². The number of aromatic nitrogens is 2. The molecular weight excluding hydrogens is 166 g/mol. The molecule has 0 unspecified atom stereocenters. The number of fused-ring (bicyclic) bond motifs is 1. The van der Waals surface area contributed by atoms with Crippen molar-refractivity contribution < 1.29 is 5.21 Å². The number of hydrogen-bond acceptors (Lipinski definition) is 4. The third kappa shape index (κ3) is 1.46. The second kappa shape index (κ2) is 3.18. The first-order valence-electron chi connectivity index (χ1n) is 3.80. The van der Waals surface area contributed by atoms with E-state index in [-0.39, 0.29) is 0 Å². The largest absolute Gasteiger partial charge is 0.410 e. The van der Waals surface area contributed by atoms with Crippen LogP contribution < -0.4 is 5.36 Å². The average Bonchev–Trinajstić information content (AvgIpc) is 2.41. The molecule has 0 bridgehead atoms. The summed E-state index contributed by atoms with van der Waals surface area (Å²) in [5.74, 6) is 0. The lowest BCUT2D eigenvalue weighted by molar-refractivity contribution is 0.302. The molecule has 13 heavy (non-hydrogen) atoms. The highest BCUT2D eigenvalue weighted by Crippen LogP contribution is 2.12. The predicted molar refractivity (Wildman–Crippen MR) is 46.0 cm³/mol. The van der Waals surface area contributed by atoms with Crippen LogP contribution in [0.25, 0.3) is 11.3 Å². The fourth-order valence-corrected chi connectivity index (χ4v) is 1.11. The van der Waals surface area contributed by atoms with Crippen molar-refractivity contribution in [1.82, 2.24) is 10.2 Å². The van der Waals surface area contributed by atoms with Crippen molar-refractivity contribution in [3.05, 3.63) is 41.9 Å². The van der Waals surface area contributed by atoms with Crippen LogP contribution >= 0.6 is 0 Å². The van der Waals surface area contributed by atoms with E-state index in [1.807, 2.05) is 6.07 Å². The van der Waals surface area contributed by atoms with Gasteiger partial charge in [-0.15, -0.1) is 0 Å². The average molecular weight is 173 g/mol. The van der Waals surface area contributed by atoms with Gasteiger partial charge in [0, 0.05) is 11.8 Å². The second-order valence-electron chi connectivity index (χ2n) is 2.57. The Hall–Kier alpha value is -1.97. The Balaban J connectivity index is 2.78. The fourth-order valence-electron chi connectivity index (χ4n) is 1.11. The van der Waals surface area contributed by atoms with Gasteiger partial charge < -0.3 is 5.21 Å². The fraction of sp³-hybridized carbons (Fsp3) is 0. The maximum atomic E-state index is 8.55. The first kappa shape index (κ1) is 7.67. The zero-order chi connectivity index (χ0) is 9.10. The van der Waals surface area contributed by atoms with Gasteiger partial charge in [-0.1, -0.05) is 11.2 Å². The lowest BCUT2D eigenvalue weighted by Gasteiger charge is -1.95. The molecule has 0 radical (unpaired) electrons. The molecular formula is C9H7N3O. The summed E-state index contributed by atoms with van der Waals surface area (Å²) in [5, 5.41) is 19.9. The molecule has 64 valence electrons. The van der Waals surface area contributed by atoms with Crippen molar-refractivity contribution in [1.29, 1.82) is 0 Å². The smallest absolute Gasteiger partial charge is 0.103 e. The van der Waals surface area contributed by atoms with Crippen LogP contribution in [-0.2, 0) is 0 Å². The van der Waals surface area contributed by atoms with Crippen LogP contribution in [0.15, 0.2) is 41.7 Å². The van der Waals surface area contributed by atoms with Crippen molar-refractivity contribution in [3.8, 4) is 11.3 Å². The van der Waals surface area contributed by atoms with Crippen LogP contribution in [0.4, 0.5) is 0 Å². The van der Waals surface area contributed by atoms with E-state index in [9.17, 15) is 0 Å². The Morgan fingerprint density at radius 1 is 1.23 bits per heavy atom. The lowest BCUT2D eigenvalue weighted by atomic mass is 10.1. The molecule has 1 heterocycles. The first-order valence-corrected chi connectivity index (χ1v) is 3.80. The molecule has 0 amide bonds. The van der Waals surface area contributed by atoms with Gasteiger partial charge in [0.05, 0.1) is 5.69 Å². The topological polar surface area (TPSA) is 58.4 Å². The summed E-state index contributed by atoms with van der Waals surface area (Å²) < 4.78 is 0. The van der Waals surface area contributed by atoms with Gasteiger partial charge in [-0.3, -0.25) is 0 Å². The van der Waals surface area contributed by atoms with Gasteiger partial charge in [0.1, 0.15) is 5.36 Å². The van der Waals surface area contributed by atoms with Gasteiger partial charge in [-0.2, -0.15) is 10.2 Å². The molecule has 0 spiro atoms. The normalized spacial score (nSPS) is 11.8. The second-order valence-corrected chi connectivity index (χ2v) is 2.57. The monoisotopic (exact) mass is 173 g/mol. The summed E-state index contributed by atoms with van der Waals surface area (Å²) in [7, 11) is 0. The van der Waals surface area contributed by atoms with E-state index in [1.54, 1.807) is 30.5 Å². The minimum atomic E-state index is 0.514. The molecule has 1 aliphatic carbocycles. The molecule has 0 atom stereocenters. The summed E-state index contributed by atoms with van der Waals surface area (Å²) in [5.41, 5.74) is 1.67. The highest BCUT2D eigenvalue weighted by atomic mass is 16.4. The zero-order valence-electron chi connectivity index (χ0n) is 6.75. The van der Waals surface area contributed by atoms with Gasteiger partial charge >= 0.3 is 0 Å². The van der Waals surface area contributed by atoms with Crippen molar-refractivity contribution in [2.75, 3.05) is 0 Å². The third-order valence-corrected chi connectivity index (χ3v) is 1.72. The quantitative estimate of drug-likeness (QED) is 0.475. The molecule has 2 aliphatic rings. The number of rotatable bonds is 0. The summed E-state index contributed by atoms with van der Waals surface area (Å²) in [6.07, 6.45) is 1.61. The van der Waals surface area contributed by atoms with Crippen LogP contribution in [0.1, 0.15) is 0 Å². The first-order chi connectivity index (χ1) is 6.40. The molecule has 1 N–H and O–H groups in total. The predicted octanol–water partition coefficient (Wildman–Crippen LogP) is 0.871. The van der Waals surface area contributed by atoms with E-state index < -0.39 is 0 Å². The maximum absolute atomic E-state index is 8.55. The molecule has 0 saturated heterocycles. The van der Waals surface area contributed by atoms with Crippen LogP contribution in [0, 0.1) is 0 Å². The minimum absolute atomic E-state index is 0.514. The molecule has 4 nitrogen and oxygen atoms in total. The van der Waals surface area contributed by atoms with E-state index in [4.69, 9.17) is 5.21 Å². The summed E-state index contributed by atoms with van der Waals surface area (Å²) >= 11 is 0. The zero-order valence-corrected chi connectivity index (χ0v) is 6.75. The van der Waals surface area contributed by atoms with Gasteiger partial charge in [0.2, 0.25) is 0 Å². The molecule has 1 aliphatic heterocycles. The Labute approximate surface area is 74.5 Å². The number of benzene rings is 1. The van der Waals surface area contributed by atoms with Crippen molar-refractivity contribution in [2.24, 2.45) is 5.16 Å². The van der Waals surface area contributed by atoms with Crippen molar-refractivity contribution in [3.63, 3.8) is 0 Å². The van der Waals surface area contributed by atoms with Crippen LogP contribution in [0.5, 0.6) is 0 Å². The molecule has 0 aromatic carbocycles.